The molecule has 3 unspecified atom stereocenters. The summed E-state index contributed by atoms with van der Waals surface area (Å²) in [5, 5.41) is 18.2. The summed E-state index contributed by atoms with van der Waals surface area (Å²) in [5.41, 5.74) is 4.14. The molecule has 1 fully saturated rings. The van der Waals surface area contributed by atoms with Crippen molar-refractivity contribution in [1.29, 1.82) is 5.26 Å². The molecule has 3 aromatic carbocycles. The number of anilines is 1. The van der Waals surface area contributed by atoms with Crippen molar-refractivity contribution in [2.24, 2.45) is 0 Å². The van der Waals surface area contributed by atoms with Crippen molar-refractivity contribution in [3.8, 4) is 11.8 Å². The van der Waals surface area contributed by atoms with E-state index in [-0.39, 0.29) is 24.0 Å². The number of alkyl carbamates (subject to hydrolysis) is 1. The van der Waals surface area contributed by atoms with E-state index < -0.39 is 12.1 Å². The molecule has 0 spiro atoms. The molecule has 47 heavy (non-hydrogen) atoms. The van der Waals surface area contributed by atoms with Crippen molar-refractivity contribution in [3.05, 3.63) is 126 Å². The number of pyridine rings is 1. The van der Waals surface area contributed by atoms with Crippen molar-refractivity contribution in [2.75, 3.05) is 32.1 Å². The van der Waals surface area contributed by atoms with Gasteiger partial charge in [0.25, 0.3) is 0 Å². The van der Waals surface area contributed by atoms with E-state index in [0.717, 1.165) is 16.7 Å². The van der Waals surface area contributed by atoms with Gasteiger partial charge in [0.1, 0.15) is 24.5 Å². The van der Waals surface area contributed by atoms with Gasteiger partial charge in [-0.3, -0.25) is 9.78 Å². The Labute approximate surface area is 275 Å². The van der Waals surface area contributed by atoms with Gasteiger partial charge < -0.3 is 30.2 Å². The number of nitrogens with zero attached hydrogens (tertiary/aromatic N) is 2. The van der Waals surface area contributed by atoms with Crippen LogP contribution in [0.25, 0.3) is 0 Å². The Bertz CT molecular complexity index is 1590. The highest BCUT2D eigenvalue weighted by Gasteiger charge is 2.28. The smallest absolute Gasteiger partial charge is 0.407 e. The number of methoxy groups -OCH3 is 1. The van der Waals surface area contributed by atoms with Crippen LogP contribution in [-0.4, -0.2) is 62.0 Å². The van der Waals surface area contributed by atoms with E-state index in [2.05, 4.69) is 27.0 Å². The number of nitriles is 1. The summed E-state index contributed by atoms with van der Waals surface area (Å²) in [6.07, 6.45) is 4.12. The Balaban J connectivity index is 1.23. The first-order valence-electron chi connectivity index (χ1n) is 15.7. The summed E-state index contributed by atoms with van der Waals surface area (Å²) < 4.78 is 17.1. The second kappa shape index (κ2) is 16.9. The Morgan fingerprint density at radius 1 is 0.979 bits per heavy atom. The molecule has 4 aromatic rings. The number of nitrogens with one attached hydrogen (secondary N) is 3. The average Bonchev–Trinajstić information content (AvgIpc) is 3.13. The Morgan fingerprint density at radius 3 is 2.32 bits per heavy atom. The number of carbonyl (C=O) groups is 2. The van der Waals surface area contributed by atoms with Gasteiger partial charge in [0.05, 0.1) is 36.7 Å². The number of benzene rings is 3. The number of carbonyl (C=O) groups excluding carboxylic acids is 2. The second-order valence-corrected chi connectivity index (χ2v) is 11.3. The molecule has 3 N–H and O–H groups in total. The molecule has 5 rings (SSSR count). The normalized spacial score (nSPS) is 16.4. The summed E-state index contributed by atoms with van der Waals surface area (Å²) in [6.45, 7) is 1.75. The van der Waals surface area contributed by atoms with E-state index in [0.29, 0.717) is 56.0 Å². The van der Waals surface area contributed by atoms with Crippen molar-refractivity contribution in [1.82, 2.24) is 15.6 Å². The summed E-state index contributed by atoms with van der Waals surface area (Å²) in [6, 6.07) is 30.0. The first kappa shape index (κ1) is 33.1. The zero-order valence-electron chi connectivity index (χ0n) is 26.3. The van der Waals surface area contributed by atoms with E-state index >= 15 is 0 Å². The summed E-state index contributed by atoms with van der Waals surface area (Å²) in [4.78, 5) is 30.5. The highest BCUT2D eigenvalue weighted by Crippen LogP contribution is 2.30. The summed E-state index contributed by atoms with van der Waals surface area (Å²) in [5.74, 6) is 0.173. The number of morpholine rings is 1. The molecule has 10 nitrogen and oxygen atoms in total. The van der Waals surface area contributed by atoms with Crippen LogP contribution in [0.15, 0.2) is 103 Å². The highest BCUT2D eigenvalue weighted by molar-refractivity contribution is 5.97. The molecule has 0 aliphatic carbocycles. The molecule has 10 heteroatoms. The topological polar surface area (TPSA) is 135 Å². The van der Waals surface area contributed by atoms with E-state index in [9.17, 15) is 9.59 Å². The van der Waals surface area contributed by atoms with Crippen LogP contribution in [0.4, 0.5) is 10.5 Å². The van der Waals surface area contributed by atoms with Crippen LogP contribution in [0.5, 0.6) is 5.75 Å². The fourth-order valence-electron chi connectivity index (χ4n) is 5.65. The molecular formula is C37H39N5O5. The van der Waals surface area contributed by atoms with E-state index in [1.807, 2.05) is 66.7 Å². The standard InChI is InChI=1S/C37H39N5O5/c1-45-37(44)42-34(20-33(27-8-4-2-5-9-27)28-10-6-3-7-11-28)36(43)41-35-24-39-19-18-29(35)14-17-31-22-40-23-32(47-31)25-46-30-15-12-26(21-38)13-16-30/h2-13,15-16,18-19,24,31-34,40H,14,17,20,22-23,25H2,1H3,(H,41,43)(H,42,44). The maximum Gasteiger partial charge on any atom is 0.407 e. The first-order valence-corrected chi connectivity index (χ1v) is 15.7. The fraction of sp³-hybridized carbons (Fsp3) is 0.297. The van der Waals surface area contributed by atoms with Crippen LogP contribution in [0, 0.1) is 11.3 Å². The zero-order chi connectivity index (χ0) is 32.8. The molecular weight excluding hydrogens is 594 g/mol. The van der Waals surface area contributed by atoms with Crippen molar-refractivity contribution < 1.29 is 23.8 Å². The van der Waals surface area contributed by atoms with Crippen LogP contribution in [0.2, 0.25) is 0 Å². The lowest BCUT2D eigenvalue weighted by Crippen LogP contribution is -2.47. The number of hydrogen-bond donors (Lipinski definition) is 3. The Kier molecular flexibility index (Phi) is 11.9. The number of ether oxygens (including phenoxy) is 3. The monoisotopic (exact) mass is 633 g/mol. The van der Waals surface area contributed by atoms with Gasteiger partial charge >= 0.3 is 6.09 Å². The van der Waals surface area contributed by atoms with Crippen molar-refractivity contribution >= 4 is 17.7 Å². The predicted molar refractivity (Wildman–Crippen MR) is 178 cm³/mol. The first-order chi connectivity index (χ1) is 23.0. The maximum absolute atomic E-state index is 13.8. The molecule has 3 atom stereocenters. The van der Waals surface area contributed by atoms with Crippen LogP contribution in [0.3, 0.4) is 0 Å². The molecule has 242 valence electrons. The lowest BCUT2D eigenvalue weighted by atomic mass is 9.85. The highest BCUT2D eigenvalue weighted by atomic mass is 16.5. The molecule has 2 amide bonds. The summed E-state index contributed by atoms with van der Waals surface area (Å²) in [7, 11) is 1.28. The van der Waals surface area contributed by atoms with Crippen LogP contribution < -0.4 is 20.7 Å². The molecule has 0 saturated carbocycles. The number of rotatable bonds is 13. The lowest BCUT2D eigenvalue weighted by Gasteiger charge is -2.31. The third kappa shape index (κ3) is 9.63. The van der Waals surface area contributed by atoms with Gasteiger partial charge in [-0.25, -0.2) is 4.79 Å². The van der Waals surface area contributed by atoms with Gasteiger partial charge in [-0.2, -0.15) is 5.26 Å². The van der Waals surface area contributed by atoms with Gasteiger partial charge in [0.2, 0.25) is 5.91 Å². The fourth-order valence-corrected chi connectivity index (χ4v) is 5.65. The molecule has 2 heterocycles. The third-order valence-electron chi connectivity index (χ3n) is 8.12. The molecule has 1 aliphatic rings. The number of amides is 2. The van der Waals surface area contributed by atoms with Crippen LogP contribution in [0.1, 0.15) is 41.0 Å². The van der Waals surface area contributed by atoms with Gasteiger partial charge in [0, 0.05) is 25.2 Å². The van der Waals surface area contributed by atoms with Gasteiger partial charge in [-0.1, -0.05) is 60.7 Å². The Hall–Kier alpha value is -5.24. The van der Waals surface area contributed by atoms with Gasteiger partial charge in [-0.15, -0.1) is 0 Å². The average molecular weight is 634 g/mol. The number of aromatic nitrogens is 1. The predicted octanol–water partition coefficient (Wildman–Crippen LogP) is 5.21. The van der Waals surface area contributed by atoms with Crippen molar-refractivity contribution in [2.45, 2.75) is 43.4 Å². The number of hydrogen-bond acceptors (Lipinski definition) is 8. The van der Waals surface area contributed by atoms with Crippen molar-refractivity contribution in [3.63, 3.8) is 0 Å². The van der Waals surface area contributed by atoms with E-state index in [1.54, 1.807) is 36.7 Å². The molecule has 1 saturated heterocycles. The minimum absolute atomic E-state index is 0.0544. The second-order valence-electron chi connectivity index (χ2n) is 11.3. The molecule has 0 radical (unpaired) electrons. The third-order valence-corrected chi connectivity index (χ3v) is 8.12. The lowest BCUT2D eigenvalue weighted by molar-refractivity contribution is -0.118. The largest absolute Gasteiger partial charge is 0.491 e. The Morgan fingerprint density at radius 2 is 1.66 bits per heavy atom. The number of aryl methyl sites for hydroxylation is 1. The van der Waals surface area contributed by atoms with Gasteiger partial charge in [0.15, 0.2) is 0 Å². The minimum atomic E-state index is -0.886. The zero-order valence-corrected chi connectivity index (χ0v) is 26.3. The SMILES string of the molecule is COC(=O)NC(CC(c1ccccc1)c1ccccc1)C(=O)Nc1cnccc1CCC1CNCC(COc2ccc(C#N)cc2)O1. The van der Waals surface area contributed by atoms with Crippen LogP contribution in [-0.2, 0) is 20.7 Å². The maximum atomic E-state index is 13.8. The van der Waals surface area contributed by atoms with E-state index in [4.69, 9.17) is 19.5 Å². The van der Waals surface area contributed by atoms with E-state index in [1.165, 1.54) is 7.11 Å². The van der Waals surface area contributed by atoms with Gasteiger partial charge in [-0.05, 0) is 66.3 Å². The summed E-state index contributed by atoms with van der Waals surface area (Å²) >= 11 is 0. The quantitative estimate of drug-likeness (QED) is 0.183. The molecule has 1 aliphatic heterocycles. The minimum Gasteiger partial charge on any atom is -0.491 e. The molecule has 0 bridgehead atoms. The van der Waals surface area contributed by atoms with Crippen LogP contribution >= 0.6 is 0 Å². The molecule has 1 aromatic heterocycles.